The van der Waals surface area contributed by atoms with Crippen molar-refractivity contribution in [3.05, 3.63) is 94.8 Å². The highest BCUT2D eigenvalue weighted by molar-refractivity contribution is 6.06. The monoisotopic (exact) mass is 500 g/mol. The Hall–Kier alpha value is -3.55. The number of nitrogens with zero attached hydrogens (tertiary/aromatic N) is 2. The quantitative estimate of drug-likeness (QED) is 0.505. The second-order valence-corrected chi connectivity index (χ2v) is 9.37. The van der Waals surface area contributed by atoms with Crippen molar-refractivity contribution in [1.82, 2.24) is 15.6 Å². The number of nitrogens with one attached hydrogen (secondary N) is 2. The minimum absolute atomic E-state index is 0.0710. The molecule has 2 heterocycles. The van der Waals surface area contributed by atoms with Crippen molar-refractivity contribution in [3.8, 4) is 0 Å². The number of pyridine rings is 1. The van der Waals surface area contributed by atoms with Gasteiger partial charge < -0.3 is 20.3 Å². The minimum atomic E-state index is -0.147. The number of rotatable bonds is 6. The van der Waals surface area contributed by atoms with Crippen molar-refractivity contribution < 1.29 is 14.3 Å². The van der Waals surface area contributed by atoms with E-state index in [1.165, 1.54) is 6.42 Å². The number of fused-ring (bicyclic) bond motifs is 1. The Morgan fingerprint density at radius 1 is 0.973 bits per heavy atom. The number of amides is 2. The first kappa shape index (κ1) is 26.5. The standard InChI is InChI=1S/C30H36N4O3/c1-37-22-26-11-6-5-10-24(26)21-33-29(35)23-13-14-28-27(18-23)20-31-15-7-3-2-4-8-17-34(28)30(36)25-12-9-16-32-19-25/h5-6,9-14,16,18-19,31H,2-4,7-8,15,17,20-22H2,1H3,(H,33,35). The number of aromatic nitrogens is 1. The van der Waals surface area contributed by atoms with E-state index in [2.05, 4.69) is 15.6 Å². The number of anilines is 1. The molecule has 0 atom stereocenters. The summed E-state index contributed by atoms with van der Waals surface area (Å²) >= 11 is 0. The largest absolute Gasteiger partial charge is 0.380 e. The van der Waals surface area contributed by atoms with Gasteiger partial charge in [0.2, 0.25) is 0 Å². The van der Waals surface area contributed by atoms with Crippen molar-refractivity contribution in [2.75, 3.05) is 25.1 Å². The predicted molar refractivity (Wildman–Crippen MR) is 145 cm³/mol. The molecule has 0 saturated heterocycles. The third-order valence-corrected chi connectivity index (χ3v) is 6.69. The van der Waals surface area contributed by atoms with E-state index in [1.54, 1.807) is 31.6 Å². The lowest BCUT2D eigenvalue weighted by atomic mass is 10.0. The van der Waals surface area contributed by atoms with Gasteiger partial charge in [-0.15, -0.1) is 0 Å². The van der Waals surface area contributed by atoms with Gasteiger partial charge in [-0.25, -0.2) is 0 Å². The lowest BCUT2D eigenvalue weighted by Gasteiger charge is -2.26. The van der Waals surface area contributed by atoms with Crippen LogP contribution < -0.4 is 15.5 Å². The maximum absolute atomic E-state index is 13.5. The second kappa shape index (κ2) is 13.7. The number of ether oxygens (including phenoxy) is 1. The summed E-state index contributed by atoms with van der Waals surface area (Å²) in [5.74, 6) is -0.218. The molecule has 2 aromatic carbocycles. The Bertz CT molecular complexity index is 1180. The maximum atomic E-state index is 13.5. The molecular weight excluding hydrogens is 464 g/mol. The van der Waals surface area contributed by atoms with Crippen LogP contribution in [0.5, 0.6) is 0 Å². The molecule has 1 aliphatic rings. The Balaban J connectivity index is 1.59. The minimum Gasteiger partial charge on any atom is -0.380 e. The zero-order valence-electron chi connectivity index (χ0n) is 21.5. The molecule has 0 saturated carbocycles. The zero-order chi connectivity index (χ0) is 25.9. The van der Waals surface area contributed by atoms with Gasteiger partial charge in [-0.3, -0.25) is 14.6 Å². The van der Waals surface area contributed by atoms with Crippen LogP contribution in [-0.2, 0) is 24.4 Å². The molecule has 0 fully saturated rings. The maximum Gasteiger partial charge on any atom is 0.259 e. The van der Waals surface area contributed by atoms with Crippen LogP contribution in [0.3, 0.4) is 0 Å². The Morgan fingerprint density at radius 2 is 1.78 bits per heavy atom. The third-order valence-electron chi connectivity index (χ3n) is 6.69. The van der Waals surface area contributed by atoms with Crippen LogP contribution in [0.1, 0.15) is 69.5 Å². The number of methoxy groups -OCH3 is 1. The van der Waals surface area contributed by atoms with Crippen molar-refractivity contribution >= 4 is 17.5 Å². The van der Waals surface area contributed by atoms with Crippen LogP contribution >= 0.6 is 0 Å². The number of carbonyl (C=O) groups excluding carboxylic acids is 2. The van der Waals surface area contributed by atoms with Crippen LogP contribution in [0.4, 0.5) is 5.69 Å². The van der Waals surface area contributed by atoms with E-state index in [0.29, 0.717) is 37.4 Å². The smallest absolute Gasteiger partial charge is 0.259 e. The lowest BCUT2D eigenvalue weighted by molar-refractivity contribution is 0.0949. The number of benzene rings is 2. The van der Waals surface area contributed by atoms with Gasteiger partial charge in [-0.05, 0) is 66.4 Å². The molecule has 0 unspecified atom stereocenters. The van der Waals surface area contributed by atoms with Gasteiger partial charge in [0, 0.05) is 50.4 Å². The predicted octanol–water partition coefficient (Wildman–Crippen LogP) is 4.86. The molecule has 1 aliphatic heterocycles. The van der Waals surface area contributed by atoms with E-state index in [1.807, 2.05) is 47.4 Å². The van der Waals surface area contributed by atoms with Crippen molar-refractivity contribution in [1.29, 1.82) is 0 Å². The molecule has 0 radical (unpaired) electrons. The number of hydrogen-bond donors (Lipinski definition) is 2. The van der Waals surface area contributed by atoms with Gasteiger partial charge in [0.15, 0.2) is 0 Å². The highest BCUT2D eigenvalue weighted by atomic mass is 16.5. The lowest BCUT2D eigenvalue weighted by Crippen LogP contribution is -2.34. The molecule has 2 N–H and O–H groups in total. The van der Waals surface area contributed by atoms with Gasteiger partial charge >= 0.3 is 0 Å². The number of carbonyl (C=O) groups is 2. The molecule has 0 aliphatic carbocycles. The molecule has 37 heavy (non-hydrogen) atoms. The molecule has 2 amide bonds. The van der Waals surface area contributed by atoms with Crippen molar-refractivity contribution in [2.24, 2.45) is 0 Å². The van der Waals surface area contributed by atoms with E-state index < -0.39 is 0 Å². The fraction of sp³-hybridized carbons (Fsp3) is 0.367. The van der Waals surface area contributed by atoms with Crippen LogP contribution in [0.2, 0.25) is 0 Å². The SMILES string of the molecule is COCc1ccccc1CNC(=O)c1ccc2c(c1)CNCCCCCCCN2C(=O)c1cccnc1. The average Bonchev–Trinajstić information content (AvgIpc) is 2.93. The van der Waals surface area contributed by atoms with Crippen LogP contribution in [-0.4, -0.2) is 37.0 Å². The fourth-order valence-electron chi connectivity index (χ4n) is 4.69. The van der Waals surface area contributed by atoms with Crippen LogP contribution in [0.25, 0.3) is 0 Å². The summed E-state index contributed by atoms with van der Waals surface area (Å²) in [7, 11) is 1.66. The summed E-state index contributed by atoms with van der Waals surface area (Å²) in [6.45, 7) is 3.03. The topological polar surface area (TPSA) is 83.6 Å². The molecule has 7 heteroatoms. The molecule has 194 valence electrons. The van der Waals surface area contributed by atoms with E-state index in [4.69, 9.17) is 4.74 Å². The van der Waals surface area contributed by atoms with E-state index in [9.17, 15) is 9.59 Å². The van der Waals surface area contributed by atoms with E-state index >= 15 is 0 Å². The molecular formula is C30H36N4O3. The molecule has 7 nitrogen and oxygen atoms in total. The van der Waals surface area contributed by atoms with Gasteiger partial charge in [0.05, 0.1) is 12.2 Å². The van der Waals surface area contributed by atoms with Gasteiger partial charge in [0.25, 0.3) is 11.8 Å². The van der Waals surface area contributed by atoms with Gasteiger partial charge in [0.1, 0.15) is 0 Å². The average molecular weight is 501 g/mol. The summed E-state index contributed by atoms with van der Waals surface area (Å²) < 4.78 is 5.29. The fourth-order valence-corrected chi connectivity index (χ4v) is 4.69. The summed E-state index contributed by atoms with van der Waals surface area (Å²) in [4.78, 5) is 32.6. The first-order valence-corrected chi connectivity index (χ1v) is 13.1. The first-order valence-electron chi connectivity index (χ1n) is 13.1. The van der Waals surface area contributed by atoms with E-state index in [-0.39, 0.29) is 11.8 Å². The second-order valence-electron chi connectivity index (χ2n) is 9.37. The zero-order valence-corrected chi connectivity index (χ0v) is 21.5. The molecule has 3 aromatic rings. The highest BCUT2D eigenvalue weighted by Gasteiger charge is 2.22. The van der Waals surface area contributed by atoms with Crippen molar-refractivity contribution in [2.45, 2.75) is 51.8 Å². The summed E-state index contributed by atoms with van der Waals surface area (Å²) in [5, 5.41) is 6.55. The van der Waals surface area contributed by atoms with E-state index in [0.717, 1.165) is 54.6 Å². The summed E-state index contributed by atoms with van der Waals surface area (Å²) in [6, 6.07) is 17.1. The Kier molecular flexibility index (Phi) is 9.80. The first-order chi connectivity index (χ1) is 18.2. The summed E-state index contributed by atoms with van der Waals surface area (Å²) in [5.41, 5.74) is 4.99. The molecule has 4 rings (SSSR count). The number of hydrogen-bond acceptors (Lipinski definition) is 5. The molecule has 1 aromatic heterocycles. The normalized spacial score (nSPS) is 14.7. The summed E-state index contributed by atoms with van der Waals surface area (Å²) in [6.07, 6.45) is 8.75. The Labute approximate surface area is 219 Å². The van der Waals surface area contributed by atoms with Crippen molar-refractivity contribution in [3.63, 3.8) is 0 Å². The molecule has 0 spiro atoms. The van der Waals surface area contributed by atoms with Crippen LogP contribution in [0.15, 0.2) is 67.0 Å². The van der Waals surface area contributed by atoms with Gasteiger partial charge in [-0.2, -0.15) is 0 Å². The molecule has 0 bridgehead atoms. The Morgan fingerprint density at radius 3 is 2.59 bits per heavy atom. The highest BCUT2D eigenvalue weighted by Crippen LogP contribution is 2.26. The van der Waals surface area contributed by atoms with Gasteiger partial charge in [-0.1, -0.05) is 43.5 Å². The third kappa shape index (κ3) is 7.24. The van der Waals surface area contributed by atoms with Crippen LogP contribution in [0, 0.1) is 0 Å².